The van der Waals surface area contributed by atoms with Crippen molar-refractivity contribution < 1.29 is 9.53 Å². The molecule has 0 fully saturated rings. The number of hydrogen-bond acceptors (Lipinski definition) is 3. The van der Waals surface area contributed by atoms with Crippen molar-refractivity contribution in [2.24, 2.45) is 11.7 Å². The van der Waals surface area contributed by atoms with E-state index < -0.39 is 0 Å². The minimum absolute atomic E-state index is 0.0538. The standard InChI is InChI=1S/C10H22N2O2/c1-8(2)9(14-3)7-12-10(13)5-4-6-11/h8-9H,4-7,11H2,1-3H3,(H,12,13). The summed E-state index contributed by atoms with van der Waals surface area (Å²) in [7, 11) is 1.66. The molecule has 0 aliphatic carbocycles. The topological polar surface area (TPSA) is 64.3 Å². The Morgan fingerprint density at radius 1 is 1.50 bits per heavy atom. The predicted octanol–water partition coefficient (Wildman–Crippen LogP) is 0.513. The Morgan fingerprint density at radius 3 is 2.57 bits per heavy atom. The van der Waals surface area contributed by atoms with Crippen molar-refractivity contribution in [2.45, 2.75) is 32.8 Å². The summed E-state index contributed by atoms with van der Waals surface area (Å²) in [5, 5.41) is 2.83. The van der Waals surface area contributed by atoms with Crippen LogP contribution in [0.25, 0.3) is 0 Å². The maximum absolute atomic E-state index is 11.2. The minimum atomic E-state index is 0.0538. The van der Waals surface area contributed by atoms with Gasteiger partial charge < -0.3 is 15.8 Å². The van der Waals surface area contributed by atoms with E-state index in [1.54, 1.807) is 7.11 Å². The molecule has 0 aliphatic heterocycles. The van der Waals surface area contributed by atoms with E-state index in [1.807, 2.05) is 0 Å². The van der Waals surface area contributed by atoms with Gasteiger partial charge >= 0.3 is 0 Å². The lowest BCUT2D eigenvalue weighted by atomic mass is 10.1. The van der Waals surface area contributed by atoms with Gasteiger partial charge in [-0.05, 0) is 18.9 Å². The second-order valence-electron chi connectivity index (χ2n) is 3.71. The number of ether oxygens (including phenoxy) is 1. The van der Waals surface area contributed by atoms with Crippen molar-refractivity contribution in [2.75, 3.05) is 20.2 Å². The fourth-order valence-corrected chi connectivity index (χ4v) is 1.16. The summed E-state index contributed by atoms with van der Waals surface area (Å²) in [4.78, 5) is 11.2. The first kappa shape index (κ1) is 13.4. The fourth-order valence-electron chi connectivity index (χ4n) is 1.16. The average molecular weight is 202 g/mol. The van der Waals surface area contributed by atoms with Gasteiger partial charge in [-0.25, -0.2) is 0 Å². The molecule has 14 heavy (non-hydrogen) atoms. The summed E-state index contributed by atoms with van der Waals surface area (Å²) in [6.07, 6.45) is 1.34. The third-order valence-electron chi connectivity index (χ3n) is 2.15. The SMILES string of the molecule is COC(CNC(=O)CCCN)C(C)C. The van der Waals surface area contributed by atoms with E-state index in [2.05, 4.69) is 19.2 Å². The van der Waals surface area contributed by atoms with Crippen LogP contribution in [-0.2, 0) is 9.53 Å². The van der Waals surface area contributed by atoms with E-state index in [1.165, 1.54) is 0 Å². The third-order valence-corrected chi connectivity index (χ3v) is 2.15. The van der Waals surface area contributed by atoms with Gasteiger partial charge in [0.05, 0.1) is 6.10 Å². The van der Waals surface area contributed by atoms with Crippen molar-refractivity contribution in [3.05, 3.63) is 0 Å². The first-order chi connectivity index (χ1) is 6.61. The van der Waals surface area contributed by atoms with Gasteiger partial charge in [0.1, 0.15) is 0 Å². The molecule has 0 aliphatic rings. The van der Waals surface area contributed by atoms with Crippen molar-refractivity contribution >= 4 is 5.91 Å². The monoisotopic (exact) mass is 202 g/mol. The Labute approximate surface area is 86.2 Å². The summed E-state index contributed by atoms with van der Waals surface area (Å²) in [5.41, 5.74) is 5.30. The van der Waals surface area contributed by atoms with Gasteiger partial charge in [0, 0.05) is 20.1 Å². The van der Waals surface area contributed by atoms with E-state index in [4.69, 9.17) is 10.5 Å². The molecule has 0 heterocycles. The molecular formula is C10H22N2O2. The molecular weight excluding hydrogens is 180 g/mol. The summed E-state index contributed by atoms with van der Waals surface area (Å²) < 4.78 is 5.23. The Morgan fingerprint density at radius 2 is 2.14 bits per heavy atom. The van der Waals surface area contributed by atoms with Crippen LogP contribution in [0.15, 0.2) is 0 Å². The summed E-state index contributed by atoms with van der Waals surface area (Å²) in [6, 6.07) is 0. The first-order valence-corrected chi connectivity index (χ1v) is 5.11. The van der Waals surface area contributed by atoms with Crippen LogP contribution >= 0.6 is 0 Å². The Kier molecular flexibility index (Phi) is 7.42. The minimum Gasteiger partial charge on any atom is -0.379 e. The van der Waals surface area contributed by atoms with E-state index >= 15 is 0 Å². The predicted molar refractivity (Wildman–Crippen MR) is 56.9 cm³/mol. The van der Waals surface area contributed by atoms with Crippen LogP contribution in [-0.4, -0.2) is 32.2 Å². The van der Waals surface area contributed by atoms with Crippen molar-refractivity contribution in [3.63, 3.8) is 0 Å². The van der Waals surface area contributed by atoms with E-state index in [9.17, 15) is 4.79 Å². The third kappa shape index (κ3) is 5.94. The zero-order valence-corrected chi connectivity index (χ0v) is 9.38. The molecule has 3 N–H and O–H groups in total. The molecule has 0 bridgehead atoms. The molecule has 1 atom stereocenters. The van der Waals surface area contributed by atoms with Crippen molar-refractivity contribution in [3.8, 4) is 0 Å². The molecule has 4 nitrogen and oxygen atoms in total. The number of nitrogens with one attached hydrogen (secondary N) is 1. The molecule has 0 aromatic carbocycles. The van der Waals surface area contributed by atoms with Crippen LogP contribution in [0, 0.1) is 5.92 Å². The second kappa shape index (κ2) is 7.76. The van der Waals surface area contributed by atoms with Gasteiger partial charge in [-0.3, -0.25) is 4.79 Å². The fraction of sp³-hybridized carbons (Fsp3) is 0.900. The van der Waals surface area contributed by atoms with Gasteiger partial charge in [0.25, 0.3) is 0 Å². The number of amides is 1. The van der Waals surface area contributed by atoms with Crippen LogP contribution < -0.4 is 11.1 Å². The lowest BCUT2D eigenvalue weighted by Crippen LogP contribution is -2.36. The maximum Gasteiger partial charge on any atom is 0.220 e. The molecule has 1 amide bonds. The molecule has 0 aromatic heterocycles. The Balaban J connectivity index is 3.63. The molecule has 0 saturated heterocycles. The quantitative estimate of drug-likeness (QED) is 0.632. The summed E-state index contributed by atoms with van der Waals surface area (Å²) in [6.45, 7) is 5.28. The highest BCUT2D eigenvalue weighted by Gasteiger charge is 2.12. The normalized spacial score (nSPS) is 12.9. The number of nitrogens with two attached hydrogens (primary N) is 1. The molecule has 4 heteroatoms. The molecule has 0 rings (SSSR count). The van der Waals surface area contributed by atoms with Crippen molar-refractivity contribution in [1.82, 2.24) is 5.32 Å². The zero-order chi connectivity index (χ0) is 11.0. The Hall–Kier alpha value is -0.610. The second-order valence-corrected chi connectivity index (χ2v) is 3.71. The highest BCUT2D eigenvalue weighted by Crippen LogP contribution is 2.03. The van der Waals surface area contributed by atoms with E-state index in [-0.39, 0.29) is 12.0 Å². The average Bonchev–Trinajstić information content (AvgIpc) is 2.15. The lowest BCUT2D eigenvalue weighted by Gasteiger charge is -2.19. The number of rotatable bonds is 7. The summed E-state index contributed by atoms with van der Waals surface area (Å²) in [5.74, 6) is 0.466. The van der Waals surface area contributed by atoms with Crippen LogP contribution in [0.5, 0.6) is 0 Å². The van der Waals surface area contributed by atoms with Gasteiger partial charge in [0.2, 0.25) is 5.91 Å². The van der Waals surface area contributed by atoms with Gasteiger partial charge in [-0.15, -0.1) is 0 Å². The molecule has 0 spiro atoms. The van der Waals surface area contributed by atoms with Gasteiger partial charge in [-0.1, -0.05) is 13.8 Å². The zero-order valence-electron chi connectivity index (χ0n) is 9.38. The smallest absolute Gasteiger partial charge is 0.220 e. The van der Waals surface area contributed by atoms with E-state index in [0.29, 0.717) is 25.4 Å². The molecule has 0 radical (unpaired) electrons. The number of carbonyl (C=O) groups excluding carboxylic acids is 1. The van der Waals surface area contributed by atoms with Crippen LogP contribution in [0.1, 0.15) is 26.7 Å². The van der Waals surface area contributed by atoms with Crippen LogP contribution in [0.4, 0.5) is 0 Å². The highest BCUT2D eigenvalue weighted by molar-refractivity contribution is 5.75. The maximum atomic E-state index is 11.2. The summed E-state index contributed by atoms with van der Waals surface area (Å²) >= 11 is 0. The molecule has 1 unspecified atom stereocenters. The highest BCUT2D eigenvalue weighted by atomic mass is 16.5. The van der Waals surface area contributed by atoms with Gasteiger partial charge in [-0.2, -0.15) is 0 Å². The van der Waals surface area contributed by atoms with Crippen molar-refractivity contribution in [1.29, 1.82) is 0 Å². The number of carbonyl (C=O) groups is 1. The van der Waals surface area contributed by atoms with Crippen LogP contribution in [0.3, 0.4) is 0 Å². The molecule has 0 aromatic rings. The molecule has 84 valence electrons. The van der Waals surface area contributed by atoms with Crippen LogP contribution in [0.2, 0.25) is 0 Å². The number of methoxy groups -OCH3 is 1. The number of hydrogen-bond donors (Lipinski definition) is 2. The molecule has 0 saturated carbocycles. The Bertz CT molecular complexity index is 160. The first-order valence-electron chi connectivity index (χ1n) is 5.11. The largest absolute Gasteiger partial charge is 0.379 e. The van der Waals surface area contributed by atoms with Gasteiger partial charge in [0.15, 0.2) is 0 Å². The van der Waals surface area contributed by atoms with E-state index in [0.717, 1.165) is 6.42 Å². The lowest BCUT2D eigenvalue weighted by molar-refractivity contribution is -0.121.